The van der Waals surface area contributed by atoms with E-state index in [4.69, 9.17) is 0 Å². The number of aliphatic hydroxyl groups excluding tert-OH is 1. The predicted octanol–water partition coefficient (Wildman–Crippen LogP) is 2.45. The van der Waals surface area contributed by atoms with Gasteiger partial charge in [-0.15, -0.1) is 6.58 Å². The molecule has 1 rings (SSSR count). The molecular weight excluding hydrogens is 194 g/mol. The molecule has 15 heavy (non-hydrogen) atoms. The lowest BCUT2D eigenvalue weighted by Crippen LogP contribution is -2.06. The van der Waals surface area contributed by atoms with Crippen molar-refractivity contribution in [1.29, 1.82) is 0 Å². The summed E-state index contributed by atoms with van der Waals surface area (Å²) in [5.41, 5.74) is 0.685. The standard InChI is InChI=1S/C11H13NO3/c1-3-8(2)11(13)9-4-6-10(7-5-9)12(14)15/h3-8,11,13H,1H2,2H3/t8?,11-/m0/s1. The highest BCUT2D eigenvalue weighted by Gasteiger charge is 2.14. The third-order valence-corrected chi connectivity index (χ3v) is 2.32. The van der Waals surface area contributed by atoms with Gasteiger partial charge in [0.25, 0.3) is 5.69 Å². The largest absolute Gasteiger partial charge is 0.388 e. The Labute approximate surface area is 88.0 Å². The molecule has 2 atom stereocenters. The molecule has 0 fully saturated rings. The van der Waals surface area contributed by atoms with Crippen LogP contribution in [0.3, 0.4) is 0 Å². The number of nitrogens with zero attached hydrogens (tertiary/aromatic N) is 1. The summed E-state index contributed by atoms with van der Waals surface area (Å²) in [6.07, 6.45) is 0.981. The van der Waals surface area contributed by atoms with Crippen molar-refractivity contribution in [3.63, 3.8) is 0 Å². The Bertz CT molecular complexity index is 359. The molecule has 0 aliphatic carbocycles. The number of rotatable bonds is 4. The molecule has 1 aromatic rings. The number of hydrogen-bond donors (Lipinski definition) is 1. The lowest BCUT2D eigenvalue weighted by atomic mass is 9.97. The Kier molecular flexibility index (Phi) is 3.57. The lowest BCUT2D eigenvalue weighted by molar-refractivity contribution is -0.384. The molecule has 0 aliphatic heterocycles. The molecule has 80 valence electrons. The van der Waals surface area contributed by atoms with E-state index >= 15 is 0 Å². The highest BCUT2D eigenvalue weighted by Crippen LogP contribution is 2.24. The number of hydrogen-bond acceptors (Lipinski definition) is 3. The summed E-state index contributed by atoms with van der Waals surface area (Å²) < 4.78 is 0. The van der Waals surface area contributed by atoms with E-state index in [0.717, 1.165) is 0 Å². The Morgan fingerprint density at radius 3 is 2.40 bits per heavy atom. The average Bonchev–Trinajstić information content (AvgIpc) is 2.27. The van der Waals surface area contributed by atoms with Gasteiger partial charge in [-0.1, -0.05) is 13.0 Å². The fraction of sp³-hybridized carbons (Fsp3) is 0.273. The van der Waals surface area contributed by atoms with Gasteiger partial charge >= 0.3 is 0 Å². The Balaban J connectivity index is 2.88. The molecule has 0 aromatic heterocycles. The second-order valence-corrected chi connectivity index (χ2v) is 3.39. The van der Waals surface area contributed by atoms with E-state index in [1.54, 1.807) is 18.2 Å². The monoisotopic (exact) mass is 207 g/mol. The van der Waals surface area contributed by atoms with Crippen LogP contribution in [0.5, 0.6) is 0 Å². The molecule has 1 aromatic carbocycles. The molecule has 4 nitrogen and oxygen atoms in total. The van der Waals surface area contributed by atoms with Crippen molar-refractivity contribution in [3.8, 4) is 0 Å². The first-order valence-electron chi connectivity index (χ1n) is 4.61. The zero-order valence-corrected chi connectivity index (χ0v) is 8.46. The van der Waals surface area contributed by atoms with E-state index in [2.05, 4.69) is 6.58 Å². The Morgan fingerprint density at radius 2 is 2.00 bits per heavy atom. The fourth-order valence-corrected chi connectivity index (χ4v) is 1.23. The molecule has 0 saturated carbocycles. The first-order valence-corrected chi connectivity index (χ1v) is 4.61. The van der Waals surface area contributed by atoms with E-state index in [-0.39, 0.29) is 11.6 Å². The van der Waals surface area contributed by atoms with Gasteiger partial charge in [-0.2, -0.15) is 0 Å². The van der Waals surface area contributed by atoms with Crippen molar-refractivity contribution in [3.05, 3.63) is 52.6 Å². The summed E-state index contributed by atoms with van der Waals surface area (Å²) in [5.74, 6) is -0.0774. The van der Waals surface area contributed by atoms with Gasteiger partial charge in [0.1, 0.15) is 0 Å². The molecule has 0 aliphatic rings. The second kappa shape index (κ2) is 4.70. The molecule has 0 bridgehead atoms. The smallest absolute Gasteiger partial charge is 0.269 e. The normalized spacial score (nSPS) is 14.3. The van der Waals surface area contributed by atoms with Crippen molar-refractivity contribution in [2.24, 2.45) is 5.92 Å². The van der Waals surface area contributed by atoms with Crippen molar-refractivity contribution in [2.45, 2.75) is 13.0 Å². The Hall–Kier alpha value is -1.68. The predicted molar refractivity (Wildman–Crippen MR) is 57.4 cm³/mol. The van der Waals surface area contributed by atoms with Crippen LogP contribution in [-0.4, -0.2) is 10.0 Å². The minimum absolute atomic E-state index is 0.0252. The number of nitro benzene ring substituents is 1. The van der Waals surface area contributed by atoms with Gasteiger partial charge in [0, 0.05) is 18.1 Å². The van der Waals surface area contributed by atoms with Crippen LogP contribution in [0.1, 0.15) is 18.6 Å². The third-order valence-electron chi connectivity index (χ3n) is 2.32. The van der Waals surface area contributed by atoms with E-state index in [0.29, 0.717) is 5.56 Å². The molecular formula is C11H13NO3. The van der Waals surface area contributed by atoms with Crippen LogP contribution in [0.15, 0.2) is 36.9 Å². The maximum absolute atomic E-state index is 10.4. The van der Waals surface area contributed by atoms with Gasteiger partial charge < -0.3 is 5.11 Å². The van der Waals surface area contributed by atoms with E-state index < -0.39 is 11.0 Å². The first-order chi connectivity index (χ1) is 7.06. The summed E-state index contributed by atoms with van der Waals surface area (Å²) in [6, 6.07) is 5.88. The van der Waals surface area contributed by atoms with Crippen molar-refractivity contribution in [2.75, 3.05) is 0 Å². The lowest BCUT2D eigenvalue weighted by Gasteiger charge is -2.14. The van der Waals surface area contributed by atoms with Gasteiger partial charge in [0.05, 0.1) is 11.0 Å². The number of nitro groups is 1. The maximum atomic E-state index is 10.4. The molecule has 4 heteroatoms. The molecule has 0 saturated heterocycles. The molecule has 1 unspecified atom stereocenters. The molecule has 0 spiro atoms. The van der Waals surface area contributed by atoms with Crippen LogP contribution < -0.4 is 0 Å². The van der Waals surface area contributed by atoms with Gasteiger partial charge in [-0.3, -0.25) is 10.1 Å². The summed E-state index contributed by atoms with van der Waals surface area (Å²) in [7, 11) is 0. The summed E-state index contributed by atoms with van der Waals surface area (Å²) in [5, 5.41) is 20.2. The van der Waals surface area contributed by atoms with Crippen LogP contribution in [-0.2, 0) is 0 Å². The number of non-ortho nitro benzene ring substituents is 1. The van der Waals surface area contributed by atoms with E-state index in [1.807, 2.05) is 6.92 Å². The minimum atomic E-state index is -0.664. The third kappa shape index (κ3) is 2.63. The number of aliphatic hydroxyl groups is 1. The van der Waals surface area contributed by atoms with Gasteiger partial charge in [0.2, 0.25) is 0 Å². The molecule has 1 N–H and O–H groups in total. The van der Waals surface area contributed by atoms with Crippen LogP contribution in [0.2, 0.25) is 0 Å². The fourth-order valence-electron chi connectivity index (χ4n) is 1.23. The SMILES string of the molecule is C=CC(C)[C@H](O)c1ccc([N+](=O)[O-])cc1. The highest BCUT2D eigenvalue weighted by atomic mass is 16.6. The second-order valence-electron chi connectivity index (χ2n) is 3.39. The summed E-state index contributed by atoms with van der Waals surface area (Å²) >= 11 is 0. The summed E-state index contributed by atoms with van der Waals surface area (Å²) in [6.45, 7) is 5.42. The van der Waals surface area contributed by atoms with Crippen molar-refractivity contribution < 1.29 is 10.0 Å². The van der Waals surface area contributed by atoms with E-state index in [9.17, 15) is 15.2 Å². The van der Waals surface area contributed by atoms with Gasteiger partial charge in [-0.25, -0.2) is 0 Å². The molecule has 0 amide bonds. The van der Waals surface area contributed by atoms with Gasteiger partial charge in [-0.05, 0) is 17.7 Å². The van der Waals surface area contributed by atoms with Crippen LogP contribution >= 0.6 is 0 Å². The molecule has 0 heterocycles. The summed E-state index contributed by atoms with van der Waals surface area (Å²) in [4.78, 5) is 9.93. The highest BCUT2D eigenvalue weighted by molar-refractivity contribution is 5.34. The topological polar surface area (TPSA) is 63.4 Å². The first kappa shape index (κ1) is 11.4. The van der Waals surface area contributed by atoms with Crippen LogP contribution in [0, 0.1) is 16.0 Å². The van der Waals surface area contributed by atoms with Gasteiger partial charge in [0.15, 0.2) is 0 Å². The zero-order valence-electron chi connectivity index (χ0n) is 8.46. The van der Waals surface area contributed by atoms with Crippen LogP contribution in [0.4, 0.5) is 5.69 Å². The zero-order chi connectivity index (χ0) is 11.4. The molecule has 0 radical (unpaired) electrons. The average molecular weight is 207 g/mol. The Morgan fingerprint density at radius 1 is 1.47 bits per heavy atom. The minimum Gasteiger partial charge on any atom is -0.388 e. The van der Waals surface area contributed by atoms with E-state index in [1.165, 1.54) is 12.1 Å². The van der Waals surface area contributed by atoms with Crippen LogP contribution in [0.25, 0.3) is 0 Å². The van der Waals surface area contributed by atoms with Crippen molar-refractivity contribution >= 4 is 5.69 Å². The van der Waals surface area contributed by atoms with Crippen molar-refractivity contribution in [1.82, 2.24) is 0 Å². The number of benzene rings is 1. The quantitative estimate of drug-likeness (QED) is 0.468. The maximum Gasteiger partial charge on any atom is 0.269 e.